The van der Waals surface area contributed by atoms with Crippen LogP contribution in [0.3, 0.4) is 0 Å². The molecule has 32 heavy (non-hydrogen) atoms. The number of benzene rings is 1. The molecule has 1 aliphatic heterocycles. The van der Waals surface area contributed by atoms with Gasteiger partial charge >= 0.3 is 5.97 Å². The van der Waals surface area contributed by atoms with Gasteiger partial charge in [-0.25, -0.2) is 13.9 Å². The maximum absolute atomic E-state index is 13.4. The number of ether oxygens (including phenoxy) is 1. The highest BCUT2D eigenvalue weighted by atomic mass is 19.1. The van der Waals surface area contributed by atoms with Crippen LogP contribution in [0.2, 0.25) is 0 Å². The number of anilines is 1. The zero-order valence-corrected chi connectivity index (χ0v) is 16.8. The van der Waals surface area contributed by atoms with Gasteiger partial charge in [0.2, 0.25) is 0 Å². The standard InChI is InChI=1S/C22H19FN4O5/c23-14-2-1-3-15(12-14)27-11-5-18(25-27)24-20(29)21(30)6-8-22(9-7-21)17-4-10-26(31)13-16(17)19(28)32-22/h1-5,10-13,30H,6-9H2,(H,24,25,29). The predicted molar refractivity (Wildman–Crippen MR) is 108 cm³/mol. The zero-order chi connectivity index (χ0) is 22.5. The third kappa shape index (κ3) is 3.28. The van der Waals surface area contributed by atoms with Crippen LogP contribution in [0, 0.1) is 11.0 Å². The van der Waals surface area contributed by atoms with E-state index in [1.54, 1.807) is 30.5 Å². The molecule has 164 valence electrons. The molecule has 1 spiro atoms. The van der Waals surface area contributed by atoms with E-state index in [4.69, 9.17) is 4.74 Å². The molecule has 2 N–H and O–H groups in total. The van der Waals surface area contributed by atoms with E-state index in [-0.39, 0.29) is 37.1 Å². The maximum Gasteiger partial charge on any atom is 0.345 e. The number of carbonyl (C=O) groups is 2. The molecule has 1 saturated carbocycles. The van der Waals surface area contributed by atoms with Gasteiger partial charge in [-0.3, -0.25) is 4.79 Å². The average Bonchev–Trinajstić information content (AvgIpc) is 3.33. The summed E-state index contributed by atoms with van der Waals surface area (Å²) in [4.78, 5) is 25.0. The number of aromatic nitrogens is 3. The average molecular weight is 438 g/mol. The molecule has 1 fully saturated rings. The van der Waals surface area contributed by atoms with Gasteiger partial charge in [-0.2, -0.15) is 9.83 Å². The van der Waals surface area contributed by atoms with Crippen molar-refractivity contribution in [2.75, 3.05) is 5.32 Å². The first-order valence-corrected chi connectivity index (χ1v) is 10.1. The van der Waals surface area contributed by atoms with Crippen molar-refractivity contribution in [1.29, 1.82) is 0 Å². The van der Waals surface area contributed by atoms with Gasteiger partial charge in [-0.1, -0.05) is 6.07 Å². The SMILES string of the molecule is O=C1OC2(CCC(O)(C(=O)Nc3ccn(-c4cccc(F)c4)n3)CC2)c2cc[n+]([O-])cc21. The smallest absolute Gasteiger partial charge is 0.345 e. The first-order chi connectivity index (χ1) is 15.3. The number of pyridine rings is 1. The Morgan fingerprint density at radius 1 is 1.25 bits per heavy atom. The molecule has 0 saturated heterocycles. The Morgan fingerprint density at radius 2 is 2.03 bits per heavy atom. The lowest BCUT2D eigenvalue weighted by Crippen LogP contribution is -2.49. The van der Waals surface area contributed by atoms with Crippen LogP contribution in [-0.4, -0.2) is 32.4 Å². The van der Waals surface area contributed by atoms with Crippen LogP contribution in [0.4, 0.5) is 10.2 Å². The Bertz CT molecular complexity index is 1230. The lowest BCUT2D eigenvalue weighted by Gasteiger charge is -2.40. The second kappa shape index (κ2) is 7.13. The largest absolute Gasteiger partial charge is 0.619 e. The minimum atomic E-state index is -1.67. The quantitative estimate of drug-likeness (QED) is 0.366. The molecular formula is C22H19FN4O5. The fourth-order valence-electron chi connectivity index (χ4n) is 4.38. The van der Waals surface area contributed by atoms with Gasteiger partial charge in [0.25, 0.3) is 5.91 Å². The van der Waals surface area contributed by atoms with E-state index in [0.29, 0.717) is 16.0 Å². The Hall–Kier alpha value is -3.79. The first-order valence-electron chi connectivity index (χ1n) is 10.1. The van der Waals surface area contributed by atoms with Crippen molar-refractivity contribution in [3.05, 3.63) is 77.1 Å². The highest BCUT2D eigenvalue weighted by Gasteiger charge is 2.53. The Labute approximate surface area is 181 Å². The summed E-state index contributed by atoms with van der Waals surface area (Å²) in [5.74, 6) is -1.39. The van der Waals surface area contributed by atoms with Crippen LogP contribution in [0.5, 0.6) is 0 Å². The molecule has 0 atom stereocenters. The molecular weight excluding hydrogens is 419 g/mol. The molecule has 0 unspecified atom stereocenters. The van der Waals surface area contributed by atoms with E-state index >= 15 is 0 Å². The summed E-state index contributed by atoms with van der Waals surface area (Å²) in [6.07, 6.45) is 4.62. The minimum Gasteiger partial charge on any atom is -0.619 e. The third-order valence-electron chi connectivity index (χ3n) is 6.14. The van der Waals surface area contributed by atoms with Crippen LogP contribution in [-0.2, 0) is 15.1 Å². The summed E-state index contributed by atoms with van der Waals surface area (Å²) in [7, 11) is 0. The number of nitrogens with zero attached hydrogens (tertiary/aromatic N) is 3. The lowest BCUT2D eigenvalue weighted by molar-refractivity contribution is -0.605. The number of halogens is 1. The molecule has 2 aliphatic rings. The number of carbonyl (C=O) groups excluding carboxylic acids is 2. The van der Waals surface area contributed by atoms with Gasteiger partial charge in [-0.05, 0) is 43.9 Å². The monoisotopic (exact) mass is 438 g/mol. The number of hydrogen-bond acceptors (Lipinski definition) is 6. The van der Waals surface area contributed by atoms with Crippen molar-refractivity contribution in [3.63, 3.8) is 0 Å². The molecule has 3 aromatic rings. The molecule has 1 aromatic carbocycles. The summed E-state index contributed by atoms with van der Waals surface area (Å²) in [5.41, 5.74) is -1.32. The summed E-state index contributed by atoms with van der Waals surface area (Å²) >= 11 is 0. The fraction of sp³-hybridized carbons (Fsp3) is 0.273. The second-order valence-electron chi connectivity index (χ2n) is 8.13. The predicted octanol–water partition coefficient (Wildman–Crippen LogP) is 1.95. The van der Waals surface area contributed by atoms with E-state index in [2.05, 4.69) is 10.4 Å². The van der Waals surface area contributed by atoms with E-state index < -0.39 is 28.9 Å². The summed E-state index contributed by atoms with van der Waals surface area (Å²) in [6.45, 7) is 0. The van der Waals surface area contributed by atoms with Crippen molar-refractivity contribution in [3.8, 4) is 5.69 Å². The molecule has 3 heterocycles. The van der Waals surface area contributed by atoms with E-state index in [1.165, 1.54) is 29.2 Å². The van der Waals surface area contributed by atoms with Crippen molar-refractivity contribution in [2.24, 2.45) is 0 Å². The number of fused-ring (bicyclic) bond motifs is 2. The van der Waals surface area contributed by atoms with Gasteiger partial charge < -0.3 is 20.4 Å². The topological polar surface area (TPSA) is 120 Å². The van der Waals surface area contributed by atoms with Gasteiger partial charge in [0.1, 0.15) is 22.6 Å². The number of rotatable bonds is 3. The van der Waals surface area contributed by atoms with Crippen LogP contribution < -0.4 is 10.0 Å². The van der Waals surface area contributed by atoms with Gasteiger partial charge in [0.15, 0.2) is 18.2 Å². The zero-order valence-electron chi connectivity index (χ0n) is 16.8. The highest BCUT2D eigenvalue weighted by molar-refractivity contribution is 5.97. The summed E-state index contributed by atoms with van der Waals surface area (Å²) in [6, 6.07) is 8.95. The molecule has 1 aliphatic carbocycles. The van der Waals surface area contributed by atoms with Gasteiger partial charge in [0.05, 0.1) is 5.69 Å². The summed E-state index contributed by atoms with van der Waals surface area (Å²) < 4.78 is 21.0. The number of hydrogen-bond donors (Lipinski definition) is 2. The lowest BCUT2D eigenvalue weighted by atomic mass is 9.72. The van der Waals surface area contributed by atoms with Crippen LogP contribution in [0.15, 0.2) is 55.0 Å². The molecule has 10 heteroatoms. The number of amides is 1. The number of aliphatic hydroxyl groups is 1. The fourth-order valence-corrected chi connectivity index (χ4v) is 4.38. The van der Waals surface area contributed by atoms with Crippen LogP contribution >= 0.6 is 0 Å². The molecule has 9 nitrogen and oxygen atoms in total. The van der Waals surface area contributed by atoms with Crippen molar-refractivity contribution in [1.82, 2.24) is 9.78 Å². The normalized spacial score (nSPS) is 24.2. The number of nitrogens with one attached hydrogen (secondary N) is 1. The number of esters is 1. The molecule has 1 amide bonds. The van der Waals surface area contributed by atoms with Crippen LogP contribution in [0.25, 0.3) is 5.69 Å². The van der Waals surface area contributed by atoms with Crippen molar-refractivity contribution >= 4 is 17.7 Å². The third-order valence-corrected chi connectivity index (χ3v) is 6.14. The second-order valence-corrected chi connectivity index (χ2v) is 8.13. The Kier molecular flexibility index (Phi) is 4.48. The highest BCUT2D eigenvalue weighted by Crippen LogP contribution is 2.49. The molecule has 0 bridgehead atoms. The van der Waals surface area contributed by atoms with Gasteiger partial charge in [0, 0.05) is 23.9 Å². The van der Waals surface area contributed by atoms with E-state index in [9.17, 15) is 24.3 Å². The summed E-state index contributed by atoms with van der Waals surface area (Å²) in [5, 5.41) is 29.3. The maximum atomic E-state index is 13.4. The molecule has 2 aromatic heterocycles. The molecule has 0 radical (unpaired) electrons. The Morgan fingerprint density at radius 3 is 2.78 bits per heavy atom. The minimum absolute atomic E-state index is 0.0580. The van der Waals surface area contributed by atoms with Crippen LogP contribution in [0.1, 0.15) is 41.6 Å². The van der Waals surface area contributed by atoms with Crippen molar-refractivity contribution in [2.45, 2.75) is 36.9 Å². The van der Waals surface area contributed by atoms with E-state index in [0.717, 1.165) is 0 Å². The van der Waals surface area contributed by atoms with Crippen molar-refractivity contribution < 1.29 is 28.6 Å². The first kappa shape index (κ1) is 20.1. The molecule has 5 rings (SSSR count). The Balaban J connectivity index is 1.29. The van der Waals surface area contributed by atoms with Gasteiger partial charge in [-0.15, -0.1) is 0 Å². The van der Waals surface area contributed by atoms with E-state index in [1.807, 2.05) is 0 Å².